The van der Waals surface area contributed by atoms with Crippen molar-refractivity contribution in [3.8, 4) is 0 Å². The Morgan fingerprint density at radius 2 is 1.74 bits per heavy atom. The van der Waals surface area contributed by atoms with Crippen LogP contribution in [0.15, 0.2) is 4.99 Å². The molecule has 1 amide bonds. The summed E-state index contributed by atoms with van der Waals surface area (Å²) < 4.78 is 1.97. The first kappa shape index (κ1) is 21.9. The van der Waals surface area contributed by atoms with Crippen LogP contribution >= 0.6 is 24.0 Å². The molecule has 27 heavy (non-hydrogen) atoms. The van der Waals surface area contributed by atoms with Crippen LogP contribution in [0.2, 0.25) is 0 Å². The van der Waals surface area contributed by atoms with Crippen molar-refractivity contribution in [1.29, 1.82) is 0 Å². The predicted molar refractivity (Wildman–Crippen MR) is 115 cm³/mol. The zero-order valence-electron chi connectivity index (χ0n) is 16.5. The van der Waals surface area contributed by atoms with Gasteiger partial charge in [-0.3, -0.25) is 14.7 Å². The molecule has 2 fully saturated rings. The average molecular weight is 490 g/mol. The van der Waals surface area contributed by atoms with Gasteiger partial charge in [0.15, 0.2) is 11.8 Å². The van der Waals surface area contributed by atoms with Gasteiger partial charge >= 0.3 is 0 Å². The zero-order valence-corrected chi connectivity index (χ0v) is 18.8. The van der Waals surface area contributed by atoms with Gasteiger partial charge in [-0.25, -0.2) is 0 Å². The van der Waals surface area contributed by atoms with Gasteiger partial charge in [-0.15, -0.1) is 34.2 Å². The van der Waals surface area contributed by atoms with Crippen molar-refractivity contribution in [3.63, 3.8) is 0 Å². The summed E-state index contributed by atoms with van der Waals surface area (Å²) in [5.41, 5.74) is 0. The maximum atomic E-state index is 12.3. The van der Waals surface area contributed by atoms with Crippen molar-refractivity contribution in [3.05, 3.63) is 11.6 Å². The first-order valence-electron chi connectivity index (χ1n) is 9.39. The number of nitrogens with one attached hydrogen (secondary N) is 1. The Labute approximate surface area is 178 Å². The maximum absolute atomic E-state index is 12.3. The highest BCUT2D eigenvalue weighted by Gasteiger charge is 2.24. The molecule has 10 heteroatoms. The molecule has 3 heterocycles. The molecule has 0 unspecified atom stereocenters. The van der Waals surface area contributed by atoms with Crippen LogP contribution in [0.4, 0.5) is 0 Å². The molecule has 0 bridgehead atoms. The summed E-state index contributed by atoms with van der Waals surface area (Å²) >= 11 is 0. The summed E-state index contributed by atoms with van der Waals surface area (Å²) in [5, 5.41) is 11.6. The molecule has 2 saturated heterocycles. The molecule has 0 aromatic carbocycles. The van der Waals surface area contributed by atoms with E-state index in [9.17, 15) is 4.79 Å². The van der Waals surface area contributed by atoms with Crippen LogP contribution in [-0.2, 0) is 18.4 Å². The van der Waals surface area contributed by atoms with Crippen LogP contribution in [-0.4, -0.2) is 94.2 Å². The Hall–Kier alpha value is -1.43. The summed E-state index contributed by atoms with van der Waals surface area (Å²) in [7, 11) is 3.76. The number of aromatic nitrogens is 3. The van der Waals surface area contributed by atoms with Gasteiger partial charge in [-0.2, -0.15) is 0 Å². The molecule has 0 aliphatic carbocycles. The van der Waals surface area contributed by atoms with E-state index in [0.717, 1.165) is 69.7 Å². The topological polar surface area (TPSA) is 81.9 Å². The normalized spacial score (nSPS) is 18.6. The Kier molecular flexibility index (Phi) is 8.27. The summed E-state index contributed by atoms with van der Waals surface area (Å²) in [5.74, 6) is 2.93. The third-order valence-electron chi connectivity index (χ3n) is 5.29. The number of rotatable bonds is 4. The van der Waals surface area contributed by atoms with Crippen LogP contribution in [0.1, 0.15) is 24.5 Å². The molecular weight excluding hydrogens is 459 g/mol. The van der Waals surface area contributed by atoms with Gasteiger partial charge in [-0.1, -0.05) is 0 Å². The maximum Gasteiger partial charge on any atom is 0.236 e. The Morgan fingerprint density at radius 1 is 1.07 bits per heavy atom. The molecule has 1 aromatic rings. The number of nitrogens with zero attached hydrogens (tertiary/aromatic N) is 7. The third kappa shape index (κ3) is 5.53. The van der Waals surface area contributed by atoms with Crippen molar-refractivity contribution in [1.82, 2.24) is 34.8 Å². The fraction of sp³-hybridized carbons (Fsp3) is 0.765. The molecule has 3 rings (SSSR count). The molecular formula is C17H31IN8O. The molecule has 1 N–H and O–H groups in total. The summed E-state index contributed by atoms with van der Waals surface area (Å²) in [6.45, 7) is 8.42. The van der Waals surface area contributed by atoms with Crippen molar-refractivity contribution in [2.45, 2.75) is 26.3 Å². The number of piperazine rings is 1. The summed E-state index contributed by atoms with van der Waals surface area (Å²) in [6.07, 6.45) is 2.29. The number of halogens is 1. The van der Waals surface area contributed by atoms with E-state index in [1.54, 1.807) is 7.05 Å². The number of carbonyl (C=O) groups is 1. The molecule has 0 spiro atoms. The van der Waals surface area contributed by atoms with Gasteiger partial charge in [0.1, 0.15) is 5.82 Å². The quantitative estimate of drug-likeness (QED) is 0.365. The molecule has 152 valence electrons. The molecule has 9 nitrogen and oxygen atoms in total. The van der Waals surface area contributed by atoms with Crippen LogP contribution in [0, 0.1) is 6.92 Å². The first-order chi connectivity index (χ1) is 12.6. The molecule has 0 saturated carbocycles. The van der Waals surface area contributed by atoms with Gasteiger partial charge < -0.3 is 19.7 Å². The second kappa shape index (κ2) is 10.2. The summed E-state index contributed by atoms with van der Waals surface area (Å²) in [4.78, 5) is 23.2. The van der Waals surface area contributed by atoms with Gasteiger partial charge in [-0.05, 0) is 19.8 Å². The number of amides is 1. The number of carbonyl (C=O) groups excluding carboxylic acids is 1. The molecule has 1 aromatic heterocycles. The van der Waals surface area contributed by atoms with E-state index < -0.39 is 0 Å². The molecule has 0 radical (unpaired) electrons. The van der Waals surface area contributed by atoms with Gasteiger partial charge in [0, 0.05) is 53.4 Å². The monoisotopic (exact) mass is 490 g/mol. The van der Waals surface area contributed by atoms with E-state index in [2.05, 4.69) is 30.3 Å². The van der Waals surface area contributed by atoms with E-state index in [-0.39, 0.29) is 29.9 Å². The number of hydrogen-bond acceptors (Lipinski definition) is 5. The Morgan fingerprint density at radius 3 is 2.30 bits per heavy atom. The van der Waals surface area contributed by atoms with E-state index in [1.165, 1.54) is 0 Å². The largest absolute Gasteiger partial charge is 0.349 e. The minimum Gasteiger partial charge on any atom is -0.349 e. The van der Waals surface area contributed by atoms with Crippen molar-refractivity contribution in [2.24, 2.45) is 12.0 Å². The van der Waals surface area contributed by atoms with Crippen molar-refractivity contribution < 1.29 is 4.79 Å². The van der Waals surface area contributed by atoms with Crippen molar-refractivity contribution in [2.75, 3.05) is 52.9 Å². The van der Waals surface area contributed by atoms with Crippen LogP contribution in [0.5, 0.6) is 0 Å². The lowest BCUT2D eigenvalue weighted by atomic mass is 10.3. The number of hydrogen-bond donors (Lipinski definition) is 1. The highest BCUT2D eigenvalue weighted by atomic mass is 127. The lowest BCUT2D eigenvalue weighted by Gasteiger charge is -2.36. The third-order valence-corrected chi connectivity index (χ3v) is 5.29. The predicted octanol–water partition coefficient (Wildman–Crippen LogP) is 0.0569. The molecule has 2 aliphatic heterocycles. The lowest BCUT2D eigenvalue weighted by Crippen LogP contribution is -2.54. The minimum atomic E-state index is 0. The fourth-order valence-electron chi connectivity index (χ4n) is 3.47. The SMILES string of the molecule is CN=C(NCc1nnc(C)n1C)N1CCN(CC(=O)N2CCCC2)CC1.I. The number of likely N-dealkylation sites (tertiary alicyclic amines) is 1. The Balaban J connectivity index is 0.00000261. The standard InChI is InChI=1S/C17H30N8O.HI/c1-14-20-21-15(22(14)3)12-19-17(18-2)25-10-8-23(9-11-25)13-16(26)24-6-4-5-7-24;/h4-13H2,1-3H3,(H,18,19);1H. The van der Waals surface area contributed by atoms with E-state index in [1.807, 2.05) is 23.4 Å². The second-order valence-corrected chi connectivity index (χ2v) is 6.97. The lowest BCUT2D eigenvalue weighted by molar-refractivity contribution is -0.131. The smallest absolute Gasteiger partial charge is 0.236 e. The van der Waals surface area contributed by atoms with Crippen LogP contribution in [0.25, 0.3) is 0 Å². The van der Waals surface area contributed by atoms with E-state index in [4.69, 9.17) is 0 Å². The van der Waals surface area contributed by atoms with Crippen molar-refractivity contribution >= 4 is 35.8 Å². The minimum absolute atomic E-state index is 0. The van der Waals surface area contributed by atoms with E-state index in [0.29, 0.717) is 13.1 Å². The first-order valence-corrected chi connectivity index (χ1v) is 9.39. The second-order valence-electron chi connectivity index (χ2n) is 6.97. The van der Waals surface area contributed by atoms with Gasteiger partial charge in [0.25, 0.3) is 0 Å². The number of aliphatic imine (C=N–C) groups is 1. The van der Waals surface area contributed by atoms with E-state index >= 15 is 0 Å². The van der Waals surface area contributed by atoms with Crippen LogP contribution < -0.4 is 5.32 Å². The number of aryl methyl sites for hydroxylation is 1. The Bertz CT molecular complexity index is 647. The molecule has 0 atom stereocenters. The van der Waals surface area contributed by atoms with Gasteiger partial charge in [0.2, 0.25) is 5.91 Å². The highest BCUT2D eigenvalue weighted by Crippen LogP contribution is 2.09. The average Bonchev–Trinajstić information content (AvgIpc) is 3.29. The molecule has 2 aliphatic rings. The summed E-state index contributed by atoms with van der Waals surface area (Å²) in [6, 6.07) is 0. The van der Waals surface area contributed by atoms with Gasteiger partial charge in [0.05, 0.1) is 13.1 Å². The highest BCUT2D eigenvalue weighted by molar-refractivity contribution is 14.0. The fourth-order valence-corrected chi connectivity index (χ4v) is 3.47. The zero-order chi connectivity index (χ0) is 18.5. The van der Waals surface area contributed by atoms with Crippen LogP contribution in [0.3, 0.4) is 0 Å². The number of guanidine groups is 1.